The van der Waals surface area contributed by atoms with Crippen LogP contribution in [-0.4, -0.2) is 19.2 Å². The Labute approximate surface area is 118 Å². The molecule has 2 nitrogen and oxygen atoms in total. The molecule has 0 fully saturated rings. The van der Waals surface area contributed by atoms with Gasteiger partial charge < -0.3 is 4.84 Å². The lowest BCUT2D eigenvalue weighted by molar-refractivity contribution is -0.00706. The minimum absolute atomic E-state index is 0.0668. The molecule has 0 atom stereocenters. The van der Waals surface area contributed by atoms with Gasteiger partial charge in [0.1, 0.15) is 0 Å². The second kappa shape index (κ2) is 5.16. The van der Waals surface area contributed by atoms with Crippen molar-refractivity contribution < 1.29 is 4.84 Å². The molecule has 1 aromatic carbocycles. The minimum Gasteiger partial charge on any atom is -0.406 e. The second-order valence-corrected chi connectivity index (χ2v) is 7.59. The molecule has 0 radical (unpaired) electrons. The van der Waals surface area contributed by atoms with Gasteiger partial charge in [-0.1, -0.05) is 59.2 Å². The van der Waals surface area contributed by atoms with Gasteiger partial charge in [-0.05, 0) is 17.8 Å². The molecular formula is C17H29NO. The molecule has 0 bridgehead atoms. The van der Waals surface area contributed by atoms with Gasteiger partial charge in [0.15, 0.2) is 5.75 Å². The van der Waals surface area contributed by atoms with E-state index in [1.165, 1.54) is 16.7 Å². The zero-order chi connectivity index (χ0) is 15.0. The van der Waals surface area contributed by atoms with Crippen molar-refractivity contribution in [2.45, 2.75) is 59.3 Å². The number of nitrogens with zero attached hydrogens (tertiary/aromatic N) is 1. The van der Waals surface area contributed by atoms with E-state index in [9.17, 15) is 0 Å². The van der Waals surface area contributed by atoms with E-state index < -0.39 is 0 Å². The van der Waals surface area contributed by atoms with Crippen LogP contribution in [0.1, 0.15) is 58.2 Å². The number of benzene rings is 1. The lowest BCUT2D eigenvalue weighted by Gasteiger charge is -2.31. The van der Waals surface area contributed by atoms with Crippen LogP contribution in [0.3, 0.4) is 0 Å². The van der Waals surface area contributed by atoms with E-state index in [1.54, 1.807) is 5.06 Å². The van der Waals surface area contributed by atoms with Gasteiger partial charge >= 0.3 is 0 Å². The highest BCUT2D eigenvalue weighted by Gasteiger charge is 2.28. The number of hydrogen-bond donors (Lipinski definition) is 0. The van der Waals surface area contributed by atoms with Crippen LogP contribution >= 0.6 is 0 Å². The van der Waals surface area contributed by atoms with E-state index in [0.29, 0.717) is 0 Å². The van der Waals surface area contributed by atoms with Gasteiger partial charge in [0.2, 0.25) is 0 Å². The van der Waals surface area contributed by atoms with Crippen molar-refractivity contribution in [1.29, 1.82) is 0 Å². The third kappa shape index (κ3) is 3.97. The predicted octanol–water partition coefficient (Wildman–Crippen LogP) is 4.45. The van der Waals surface area contributed by atoms with Crippen LogP contribution in [0.25, 0.3) is 0 Å². The largest absolute Gasteiger partial charge is 0.406 e. The van der Waals surface area contributed by atoms with Crippen molar-refractivity contribution in [3.8, 4) is 5.75 Å². The Kier molecular flexibility index (Phi) is 4.36. The molecule has 0 saturated heterocycles. The van der Waals surface area contributed by atoms with Gasteiger partial charge in [-0.25, -0.2) is 0 Å². The third-order valence-electron chi connectivity index (χ3n) is 3.12. The molecule has 0 aromatic heterocycles. The highest BCUT2D eigenvalue weighted by molar-refractivity contribution is 5.50. The molecule has 0 heterocycles. The second-order valence-electron chi connectivity index (χ2n) is 7.59. The third-order valence-corrected chi connectivity index (χ3v) is 3.12. The van der Waals surface area contributed by atoms with Crippen molar-refractivity contribution in [1.82, 2.24) is 5.06 Å². The van der Waals surface area contributed by atoms with Crippen LogP contribution in [0.5, 0.6) is 5.75 Å². The van der Waals surface area contributed by atoms with Crippen molar-refractivity contribution in [3.63, 3.8) is 0 Å². The molecule has 0 spiro atoms. The Balaban J connectivity index is 3.58. The number of hydroxylamine groups is 2. The zero-order valence-electron chi connectivity index (χ0n) is 14.0. The first kappa shape index (κ1) is 16.0. The van der Waals surface area contributed by atoms with Crippen LogP contribution in [0.2, 0.25) is 0 Å². The topological polar surface area (TPSA) is 12.5 Å². The summed E-state index contributed by atoms with van der Waals surface area (Å²) >= 11 is 0. The summed E-state index contributed by atoms with van der Waals surface area (Å²) in [5.41, 5.74) is 3.97. The summed E-state index contributed by atoms with van der Waals surface area (Å²) in [6, 6.07) is 4.49. The van der Waals surface area contributed by atoms with E-state index in [0.717, 1.165) is 5.75 Å². The molecule has 0 aliphatic heterocycles. The van der Waals surface area contributed by atoms with E-state index in [1.807, 2.05) is 14.1 Å². The Morgan fingerprint density at radius 2 is 1.21 bits per heavy atom. The minimum atomic E-state index is 0.0668. The lowest BCUT2D eigenvalue weighted by atomic mass is 9.78. The molecule has 0 amide bonds. The van der Waals surface area contributed by atoms with Crippen molar-refractivity contribution in [2.75, 3.05) is 14.1 Å². The summed E-state index contributed by atoms with van der Waals surface area (Å²) < 4.78 is 0. The Bertz CT molecular complexity index is 412. The number of rotatable bonds is 2. The first-order chi connectivity index (χ1) is 8.43. The first-order valence-electron chi connectivity index (χ1n) is 6.94. The molecule has 0 unspecified atom stereocenters. The van der Waals surface area contributed by atoms with E-state index >= 15 is 0 Å². The first-order valence-corrected chi connectivity index (χ1v) is 6.94. The molecular weight excluding hydrogens is 234 g/mol. The molecule has 0 N–H and O–H groups in total. The smallest absolute Gasteiger partial charge is 0.154 e. The summed E-state index contributed by atoms with van der Waals surface area (Å²) in [7, 11) is 3.86. The summed E-state index contributed by atoms with van der Waals surface area (Å²) in [6.45, 7) is 15.6. The van der Waals surface area contributed by atoms with Crippen LogP contribution < -0.4 is 4.84 Å². The van der Waals surface area contributed by atoms with Crippen molar-refractivity contribution in [2.24, 2.45) is 0 Å². The van der Waals surface area contributed by atoms with Crippen LogP contribution in [-0.2, 0) is 10.8 Å². The van der Waals surface area contributed by atoms with Gasteiger partial charge in [-0.3, -0.25) is 0 Å². The van der Waals surface area contributed by atoms with E-state index in [2.05, 4.69) is 60.6 Å². The average Bonchev–Trinajstić information content (AvgIpc) is 2.16. The van der Waals surface area contributed by atoms with E-state index in [-0.39, 0.29) is 10.8 Å². The Morgan fingerprint density at radius 1 is 0.842 bits per heavy atom. The number of aryl methyl sites for hydroxylation is 1. The Hall–Kier alpha value is -1.02. The van der Waals surface area contributed by atoms with Crippen LogP contribution in [0.15, 0.2) is 12.1 Å². The summed E-state index contributed by atoms with van der Waals surface area (Å²) in [6.07, 6.45) is 0. The molecule has 108 valence electrons. The molecule has 19 heavy (non-hydrogen) atoms. The van der Waals surface area contributed by atoms with E-state index in [4.69, 9.17) is 4.84 Å². The maximum absolute atomic E-state index is 6.02. The van der Waals surface area contributed by atoms with Gasteiger partial charge in [0.25, 0.3) is 0 Å². The molecule has 0 aliphatic carbocycles. The van der Waals surface area contributed by atoms with Gasteiger partial charge in [0.05, 0.1) is 0 Å². The Morgan fingerprint density at radius 3 is 1.47 bits per heavy atom. The average molecular weight is 263 g/mol. The summed E-state index contributed by atoms with van der Waals surface area (Å²) in [4.78, 5) is 6.02. The van der Waals surface area contributed by atoms with Crippen molar-refractivity contribution >= 4 is 0 Å². The lowest BCUT2D eigenvalue weighted by Crippen LogP contribution is -2.25. The fourth-order valence-electron chi connectivity index (χ4n) is 2.17. The molecule has 1 aromatic rings. The van der Waals surface area contributed by atoms with Gasteiger partial charge in [-0.15, -0.1) is 0 Å². The zero-order valence-corrected chi connectivity index (χ0v) is 14.0. The monoisotopic (exact) mass is 263 g/mol. The highest BCUT2D eigenvalue weighted by Crippen LogP contribution is 2.40. The van der Waals surface area contributed by atoms with Gasteiger partial charge in [0, 0.05) is 25.2 Å². The van der Waals surface area contributed by atoms with Gasteiger partial charge in [-0.2, -0.15) is 5.06 Å². The quantitative estimate of drug-likeness (QED) is 0.731. The van der Waals surface area contributed by atoms with Crippen molar-refractivity contribution in [3.05, 3.63) is 28.8 Å². The highest BCUT2D eigenvalue weighted by atomic mass is 16.7. The van der Waals surface area contributed by atoms with Crippen LogP contribution in [0.4, 0.5) is 0 Å². The summed E-state index contributed by atoms with van der Waals surface area (Å²) in [5.74, 6) is 1.01. The fraction of sp³-hybridized carbons (Fsp3) is 0.647. The maximum Gasteiger partial charge on any atom is 0.154 e. The molecule has 0 saturated carbocycles. The maximum atomic E-state index is 6.02. The fourth-order valence-corrected chi connectivity index (χ4v) is 2.17. The predicted molar refractivity (Wildman–Crippen MR) is 82.9 cm³/mol. The molecule has 0 aliphatic rings. The molecule has 1 rings (SSSR count). The standard InChI is InChI=1S/C17H29NO/c1-12-10-13(16(2,3)4)15(19-18(8)9)14(11-12)17(5,6)7/h10-11H,1-9H3. The normalized spacial score (nSPS) is 12.9. The number of hydrogen-bond acceptors (Lipinski definition) is 2. The SMILES string of the molecule is Cc1cc(C(C)(C)C)c(ON(C)C)c(C(C)(C)C)c1. The summed E-state index contributed by atoms with van der Waals surface area (Å²) in [5, 5.41) is 1.77. The van der Waals surface area contributed by atoms with Crippen LogP contribution in [0, 0.1) is 6.92 Å². The molecule has 2 heteroatoms.